The van der Waals surface area contributed by atoms with E-state index in [0.717, 1.165) is 0 Å². The third kappa shape index (κ3) is 7.66. The maximum absolute atomic E-state index is 10.2. The smallest absolute Gasteiger partial charge is 0.321 e. The van der Waals surface area contributed by atoms with Gasteiger partial charge in [-0.2, -0.15) is 0 Å². The van der Waals surface area contributed by atoms with Crippen LogP contribution in [0.15, 0.2) is 0 Å². The summed E-state index contributed by atoms with van der Waals surface area (Å²) in [4.78, 5) is 10.2. The monoisotopic (exact) mass is 192 g/mol. The number of aliphatic hydroxyl groups is 1. The van der Waals surface area contributed by atoms with Gasteiger partial charge in [0.1, 0.15) is 6.04 Å². The number of carboxylic acids is 1. The second-order valence-electron chi connectivity index (χ2n) is 2.48. The molecule has 6 nitrogen and oxygen atoms in total. The predicted molar refractivity (Wildman–Crippen MR) is 46.4 cm³/mol. The first-order valence-corrected chi connectivity index (χ1v) is 4.06. The van der Waals surface area contributed by atoms with Gasteiger partial charge in [0.2, 0.25) is 0 Å². The summed E-state index contributed by atoms with van der Waals surface area (Å²) in [5.41, 5.74) is 5.21. The third-order valence-corrected chi connectivity index (χ3v) is 1.34. The van der Waals surface area contributed by atoms with Crippen LogP contribution in [0.25, 0.3) is 0 Å². The number of hydrogen-bond acceptors (Lipinski definition) is 5. The van der Waals surface area contributed by atoms with Gasteiger partial charge in [-0.05, 0) is 0 Å². The Morgan fingerprint density at radius 2 is 2.23 bits per heavy atom. The van der Waals surface area contributed by atoms with Crippen molar-refractivity contribution in [3.63, 3.8) is 0 Å². The van der Waals surface area contributed by atoms with Gasteiger partial charge in [0.25, 0.3) is 0 Å². The van der Waals surface area contributed by atoms with Crippen LogP contribution in [-0.2, 0) is 9.53 Å². The van der Waals surface area contributed by atoms with E-state index in [2.05, 4.69) is 5.32 Å². The molecule has 0 aromatic carbocycles. The highest BCUT2D eigenvalue weighted by Gasteiger charge is 2.09. The Morgan fingerprint density at radius 1 is 1.54 bits per heavy atom. The molecule has 0 aliphatic carbocycles. The SMILES string of the molecule is NC(CNCCOCCO)C(=O)O. The Hall–Kier alpha value is -0.690. The average Bonchev–Trinajstić information content (AvgIpc) is 2.10. The Kier molecular flexibility index (Phi) is 7.51. The maximum Gasteiger partial charge on any atom is 0.321 e. The largest absolute Gasteiger partial charge is 0.480 e. The van der Waals surface area contributed by atoms with Crippen molar-refractivity contribution in [1.82, 2.24) is 5.32 Å². The number of rotatable bonds is 8. The quantitative estimate of drug-likeness (QED) is 0.331. The summed E-state index contributed by atoms with van der Waals surface area (Å²) < 4.78 is 4.92. The van der Waals surface area contributed by atoms with Crippen LogP contribution in [0.5, 0.6) is 0 Å². The molecule has 0 fully saturated rings. The average molecular weight is 192 g/mol. The van der Waals surface area contributed by atoms with E-state index >= 15 is 0 Å². The van der Waals surface area contributed by atoms with Gasteiger partial charge in [0, 0.05) is 13.1 Å². The lowest BCUT2D eigenvalue weighted by atomic mass is 10.3. The number of carboxylic acid groups (broad SMARTS) is 1. The molecule has 0 aliphatic rings. The van der Waals surface area contributed by atoms with Crippen LogP contribution in [-0.4, -0.2) is 55.1 Å². The van der Waals surface area contributed by atoms with Crippen molar-refractivity contribution in [3.05, 3.63) is 0 Å². The summed E-state index contributed by atoms with van der Waals surface area (Å²) in [6.07, 6.45) is 0. The lowest BCUT2D eigenvalue weighted by Crippen LogP contribution is -2.41. The predicted octanol–water partition coefficient (Wildman–Crippen LogP) is -2.00. The standard InChI is InChI=1S/C7H16N2O4/c8-6(7(11)12)5-9-1-3-13-4-2-10/h6,9-10H,1-5,8H2,(H,11,12). The number of nitrogens with two attached hydrogens (primary N) is 1. The number of aliphatic carboxylic acids is 1. The lowest BCUT2D eigenvalue weighted by Gasteiger charge is -2.07. The lowest BCUT2D eigenvalue weighted by molar-refractivity contribution is -0.138. The minimum atomic E-state index is -1.02. The van der Waals surface area contributed by atoms with Gasteiger partial charge >= 0.3 is 5.97 Å². The molecule has 0 bridgehead atoms. The van der Waals surface area contributed by atoms with Crippen molar-refractivity contribution in [2.75, 3.05) is 32.9 Å². The van der Waals surface area contributed by atoms with E-state index in [9.17, 15) is 4.79 Å². The minimum absolute atomic E-state index is 0.00532. The molecule has 0 saturated heterocycles. The molecule has 0 amide bonds. The number of ether oxygens (including phenoxy) is 1. The van der Waals surface area contributed by atoms with E-state index in [-0.39, 0.29) is 13.2 Å². The summed E-state index contributed by atoms with van der Waals surface area (Å²) in [6.45, 7) is 1.48. The molecule has 0 aliphatic heterocycles. The molecule has 0 aromatic heterocycles. The molecule has 1 atom stereocenters. The van der Waals surface area contributed by atoms with Crippen LogP contribution in [0.2, 0.25) is 0 Å². The molecule has 0 radical (unpaired) electrons. The van der Waals surface area contributed by atoms with Gasteiger partial charge in [0.15, 0.2) is 0 Å². The minimum Gasteiger partial charge on any atom is -0.480 e. The van der Waals surface area contributed by atoms with E-state index in [4.69, 9.17) is 20.7 Å². The van der Waals surface area contributed by atoms with Crippen molar-refractivity contribution in [2.24, 2.45) is 5.73 Å². The van der Waals surface area contributed by atoms with Crippen molar-refractivity contribution >= 4 is 5.97 Å². The Balaban J connectivity index is 3.11. The third-order valence-electron chi connectivity index (χ3n) is 1.34. The first-order chi connectivity index (χ1) is 6.18. The van der Waals surface area contributed by atoms with E-state index in [1.54, 1.807) is 0 Å². The Morgan fingerprint density at radius 3 is 2.77 bits per heavy atom. The normalized spacial score (nSPS) is 12.8. The number of hydrogen-bond donors (Lipinski definition) is 4. The van der Waals surface area contributed by atoms with E-state index in [1.807, 2.05) is 0 Å². The molecule has 78 valence electrons. The molecule has 13 heavy (non-hydrogen) atoms. The fourth-order valence-electron chi connectivity index (χ4n) is 0.656. The molecule has 1 unspecified atom stereocenters. The number of carbonyl (C=O) groups is 1. The van der Waals surface area contributed by atoms with Crippen LogP contribution in [0.3, 0.4) is 0 Å². The highest BCUT2D eigenvalue weighted by atomic mass is 16.5. The van der Waals surface area contributed by atoms with E-state index in [1.165, 1.54) is 0 Å². The highest BCUT2D eigenvalue weighted by Crippen LogP contribution is 1.76. The van der Waals surface area contributed by atoms with Crippen LogP contribution in [0.4, 0.5) is 0 Å². The zero-order valence-corrected chi connectivity index (χ0v) is 7.40. The molecule has 0 saturated carbocycles. The fraction of sp³-hybridized carbons (Fsp3) is 0.857. The summed E-state index contributed by atoms with van der Waals surface area (Å²) in [5, 5.41) is 19.5. The van der Waals surface area contributed by atoms with Crippen molar-refractivity contribution in [1.29, 1.82) is 0 Å². The van der Waals surface area contributed by atoms with E-state index < -0.39 is 12.0 Å². The van der Waals surface area contributed by atoms with Gasteiger partial charge in [-0.3, -0.25) is 4.79 Å². The first-order valence-electron chi connectivity index (χ1n) is 4.06. The van der Waals surface area contributed by atoms with Crippen LogP contribution in [0.1, 0.15) is 0 Å². The summed E-state index contributed by atoms with van der Waals surface area (Å²) in [6, 6.07) is -0.877. The second-order valence-corrected chi connectivity index (χ2v) is 2.48. The van der Waals surface area contributed by atoms with Gasteiger partial charge in [-0.25, -0.2) is 0 Å². The van der Waals surface area contributed by atoms with Crippen molar-refractivity contribution in [3.8, 4) is 0 Å². The molecule has 0 aromatic rings. The summed E-state index contributed by atoms with van der Waals surface area (Å²) in [5.74, 6) is -1.02. The molecular formula is C7H16N2O4. The summed E-state index contributed by atoms with van der Waals surface area (Å²) in [7, 11) is 0. The Bertz CT molecular complexity index is 142. The van der Waals surface area contributed by atoms with Crippen molar-refractivity contribution in [2.45, 2.75) is 6.04 Å². The molecule has 0 spiro atoms. The van der Waals surface area contributed by atoms with Gasteiger partial charge in [0.05, 0.1) is 19.8 Å². The first kappa shape index (κ1) is 12.3. The van der Waals surface area contributed by atoms with Gasteiger partial charge < -0.3 is 26.0 Å². The van der Waals surface area contributed by atoms with Gasteiger partial charge in [-0.15, -0.1) is 0 Å². The molecular weight excluding hydrogens is 176 g/mol. The molecule has 5 N–H and O–H groups in total. The second kappa shape index (κ2) is 7.93. The maximum atomic E-state index is 10.2. The number of aliphatic hydroxyl groups excluding tert-OH is 1. The van der Waals surface area contributed by atoms with Gasteiger partial charge in [-0.1, -0.05) is 0 Å². The van der Waals surface area contributed by atoms with Crippen LogP contribution >= 0.6 is 0 Å². The van der Waals surface area contributed by atoms with E-state index in [0.29, 0.717) is 19.8 Å². The zero-order chi connectivity index (χ0) is 10.1. The Labute approximate surface area is 76.7 Å². The number of nitrogens with one attached hydrogen (secondary N) is 1. The fourth-order valence-corrected chi connectivity index (χ4v) is 0.656. The molecule has 0 rings (SSSR count). The van der Waals surface area contributed by atoms with Crippen molar-refractivity contribution < 1.29 is 19.7 Å². The summed E-state index contributed by atoms with van der Waals surface area (Å²) >= 11 is 0. The molecule has 0 heterocycles. The topological polar surface area (TPSA) is 105 Å². The molecule has 6 heteroatoms. The van der Waals surface area contributed by atoms with Crippen LogP contribution < -0.4 is 11.1 Å². The van der Waals surface area contributed by atoms with Crippen LogP contribution in [0, 0.1) is 0 Å². The highest BCUT2D eigenvalue weighted by molar-refractivity contribution is 5.73. The zero-order valence-electron chi connectivity index (χ0n) is 7.40.